The fourth-order valence-electron chi connectivity index (χ4n) is 3.91. The molecule has 0 aromatic heterocycles. The third-order valence-corrected chi connectivity index (χ3v) is 6.42. The van der Waals surface area contributed by atoms with Crippen LogP contribution in [0.3, 0.4) is 0 Å². The van der Waals surface area contributed by atoms with Crippen molar-refractivity contribution in [1.29, 1.82) is 0 Å². The first kappa shape index (κ1) is 20.5. The summed E-state index contributed by atoms with van der Waals surface area (Å²) in [5.41, 5.74) is 3.88. The number of para-hydroxylation sites is 2. The summed E-state index contributed by atoms with van der Waals surface area (Å²) < 4.78 is 5.56. The molecule has 3 aromatic rings. The second kappa shape index (κ2) is 9.42. The van der Waals surface area contributed by atoms with E-state index in [1.807, 2.05) is 83.8 Å². The zero-order valence-electron chi connectivity index (χ0n) is 17.6. The smallest absolute Gasteiger partial charge is 0.288 e. The molecule has 0 aliphatic carbocycles. The molecule has 3 aromatic carbocycles. The van der Waals surface area contributed by atoms with Crippen LogP contribution in [-0.2, 0) is 9.53 Å². The summed E-state index contributed by atoms with van der Waals surface area (Å²) in [7, 11) is 0. The Morgan fingerprint density at radius 1 is 0.812 bits per heavy atom. The zero-order valence-corrected chi connectivity index (χ0v) is 18.4. The van der Waals surface area contributed by atoms with Gasteiger partial charge in [0.25, 0.3) is 5.91 Å². The van der Waals surface area contributed by atoms with E-state index in [4.69, 9.17) is 4.74 Å². The molecule has 1 saturated heterocycles. The molecule has 1 amide bonds. The van der Waals surface area contributed by atoms with Crippen molar-refractivity contribution in [2.24, 2.45) is 4.99 Å². The maximum Gasteiger partial charge on any atom is 0.288 e. The summed E-state index contributed by atoms with van der Waals surface area (Å²) in [5, 5.41) is 0.657. The lowest BCUT2D eigenvalue weighted by molar-refractivity contribution is -0.113. The highest BCUT2D eigenvalue weighted by Gasteiger charge is 2.33. The molecule has 5 rings (SSSR count). The van der Waals surface area contributed by atoms with Gasteiger partial charge in [-0.05, 0) is 41.6 Å². The van der Waals surface area contributed by atoms with E-state index < -0.39 is 0 Å². The highest BCUT2D eigenvalue weighted by atomic mass is 32.2. The van der Waals surface area contributed by atoms with Crippen LogP contribution in [0, 0.1) is 0 Å². The topological polar surface area (TPSA) is 45.1 Å². The fraction of sp³-hybridized carbons (Fsp3) is 0.154. The van der Waals surface area contributed by atoms with Crippen molar-refractivity contribution in [3.8, 4) is 0 Å². The Morgan fingerprint density at radius 2 is 1.34 bits per heavy atom. The number of morpholine rings is 1. The molecule has 32 heavy (non-hydrogen) atoms. The molecule has 0 spiro atoms. The Balaban J connectivity index is 1.58. The molecule has 2 heterocycles. The maximum atomic E-state index is 13.3. The second-order valence-corrected chi connectivity index (χ2v) is 8.43. The van der Waals surface area contributed by atoms with E-state index in [2.05, 4.69) is 22.0 Å². The van der Waals surface area contributed by atoms with Crippen molar-refractivity contribution in [1.82, 2.24) is 4.90 Å². The summed E-state index contributed by atoms with van der Waals surface area (Å²) in [6, 6.07) is 30.2. The van der Waals surface area contributed by atoms with Gasteiger partial charge in [-0.3, -0.25) is 9.69 Å². The summed E-state index contributed by atoms with van der Waals surface area (Å²) in [5.74, 6) is -0.202. The molecule has 0 atom stereocenters. The van der Waals surface area contributed by atoms with Crippen LogP contribution in [0.4, 0.5) is 11.4 Å². The van der Waals surface area contributed by atoms with Gasteiger partial charge in [-0.2, -0.15) is 4.99 Å². The monoisotopic (exact) mass is 441 g/mol. The van der Waals surface area contributed by atoms with Gasteiger partial charge >= 0.3 is 0 Å². The molecule has 5 nitrogen and oxygen atoms in total. The van der Waals surface area contributed by atoms with Crippen molar-refractivity contribution in [3.05, 3.63) is 101 Å². The Morgan fingerprint density at radius 3 is 1.91 bits per heavy atom. The molecular weight excluding hydrogens is 418 g/mol. The molecule has 6 heteroatoms. The van der Waals surface area contributed by atoms with Gasteiger partial charge in [0.15, 0.2) is 5.17 Å². The zero-order chi connectivity index (χ0) is 21.8. The minimum absolute atomic E-state index is 0.202. The third kappa shape index (κ3) is 4.20. The van der Waals surface area contributed by atoms with Crippen LogP contribution in [0.1, 0.15) is 5.56 Å². The highest BCUT2D eigenvalue weighted by Crippen LogP contribution is 2.40. The van der Waals surface area contributed by atoms with Gasteiger partial charge in [-0.1, -0.05) is 66.7 Å². The van der Waals surface area contributed by atoms with Gasteiger partial charge in [-0.25, -0.2) is 0 Å². The predicted molar refractivity (Wildman–Crippen MR) is 131 cm³/mol. The van der Waals surface area contributed by atoms with Crippen LogP contribution < -0.4 is 4.90 Å². The Labute approximate surface area is 192 Å². The Hall–Kier alpha value is -3.35. The van der Waals surface area contributed by atoms with E-state index in [0.717, 1.165) is 35.7 Å². The normalized spacial score (nSPS) is 17.8. The van der Waals surface area contributed by atoms with Crippen LogP contribution in [0.5, 0.6) is 0 Å². The van der Waals surface area contributed by atoms with E-state index in [-0.39, 0.29) is 5.91 Å². The second-order valence-electron chi connectivity index (χ2n) is 7.45. The third-order valence-electron chi connectivity index (χ3n) is 5.39. The molecule has 0 bridgehead atoms. The van der Waals surface area contributed by atoms with E-state index in [9.17, 15) is 4.79 Å². The average molecular weight is 442 g/mol. The number of hydrogen-bond acceptors (Lipinski definition) is 5. The number of ether oxygens (including phenoxy) is 1. The lowest BCUT2D eigenvalue weighted by atomic mass is 10.1. The van der Waals surface area contributed by atoms with Gasteiger partial charge in [0.1, 0.15) is 4.91 Å². The van der Waals surface area contributed by atoms with Crippen molar-refractivity contribution in [3.63, 3.8) is 0 Å². The lowest BCUT2D eigenvalue weighted by Crippen LogP contribution is -2.35. The number of carbonyl (C=O) groups excluding carboxylic acids is 1. The van der Waals surface area contributed by atoms with Gasteiger partial charge in [0.05, 0.1) is 18.9 Å². The summed E-state index contributed by atoms with van der Waals surface area (Å²) in [4.78, 5) is 22.7. The number of anilines is 2. The highest BCUT2D eigenvalue weighted by molar-refractivity contribution is 8.19. The van der Waals surface area contributed by atoms with Crippen molar-refractivity contribution in [2.75, 3.05) is 31.2 Å². The number of amides is 1. The predicted octanol–water partition coefficient (Wildman–Crippen LogP) is 5.16. The van der Waals surface area contributed by atoms with Crippen LogP contribution in [0.15, 0.2) is 101 Å². The van der Waals surface area contributed by atoms with Gasteiger partial charge in [0.2, 0.25) is 0 Å². The summed E-state index contributed by atoms with van der Waals surface area (Å²) in [6.07, 6.45) is 0. The number of nitrogens with zero attached hydrogens (tertiary/aromatic N) is 3. The van der Waals surface area contributed by atoms with Crippen LogP contribution in [0.25, 0.3) is 5.70 Å². The number of hydrogen-bond donors (Lipinski definition) is 0. The number of amidine groups is 1. The van der Waals surface area contributed by atoms with Crippen molar-refractivity contribution >= 4 is 39.9 Å². The summed E-state index contributed by atoms with van der Waals surface area (Å²) in [6.45, 7) is 2.79. The first-order valence-corrected chi connectivity index (χ1v) is 11.5. The standard InChI is InChI=1S/C26H23N3O2S/c30-25-24(23(20-10-4-1-5-11-20)28-16-18-31-19-17-28)32-26(27-25)29(21-12-6-2-7-13-21)22-14-8-3-9-15-22/h1-15H,16-19H2. The number of carbonyl (C=O) groups is 1. The Kier molecular flexibility index (Phi) is 6.05. The molecule has 0 unspecified atom stereocenters. The Bertz CT molecular complexity index is 1100. The molecular formula is C26H23N3O2S. The first-order valence-electron chi connectivity index (χ1n) is 10.6. The average Bonchev–Trinajstić information content (AvgIpc) is 3.22. The maximum absolute atomic E-state index is 13.3. The molecule has 0 N–H and O–H groups in total. The SMILES string of the molecule is O=C1N=C(N(c2ccccc2)c2ccccc2)SC1=C(c1ccccc1)N1CCOCC1. The van der Waals surface area contributed by atoms with Crippen LogP contribution >= 0.6 is 11.8 Å². The molecule has 1 fully saturated rings. The largest absolute Gasteiger partial charge is 0.378 e. The molecule has 2 aliphatic rings. The van der Waals surface area contributed by atoms with Crippen molar-refractivity contribution < 1.29 is 9.53 Å². The summed E-state index contributed by atoms with van der Waals surface area (Å²) >= 11 is 1.44. The molecule has 0 radical (unpaired) electrons. The molecule has 2 aliphatic heterocycles. The van der Waals surface area contributed by atoms with E-state index in [0.29, 0.717) is 23.3 Å². The van der Waals surface area contributed by atoms with Gasteiger partial charge in [0, 0.05) is 24.5 Å². The fourth-order valence-corrected chi connectivity index (χ4v) is 4.99. The quantitative estimate of drug-likeness (QED) is 0.524. The van der Waals surface area contributed by atoms with E-state index >= 15 is 0 Å². The van der Waals surface area contributed by atoms with E-state index in [1.54, 1.807) is 0 Å². The van der Waals surface area contributed by atoms with Gasteiger partial charge < -0.3 is 9.64 Å². The number of rotatable bonds is 4. The van der Waals surface area contributed by atoms with Crippen molar-refractivity contribution in [2.45, 2.75) is 0 Å². The molecule has 0 saturated carbocycles. The van der Waals surface area contributed by atoms with E-state index in [1.165, 1.54) is 11.8 Å². The van der Waals surface area contributed by atoms with Crippen LogP contribution in [-0.4, -0.2) is 42.3 Å². The minimum Gasteiger partial charge on any atom is -0.378 e. The molecule has 160 valence electrons. The first-order chi connectivity index (χ1) is 15.8. The lowest BCUT2D eigenvalue weighted by Gasteiger charge is -2.32. The minimum atomic E-state index is -0.202. The van der Waals surface area contributed by atoms with Gasteiger partial charge in [-0.15, -0.1) is 0 Å². The number of thioether (sulfide) groups is 1. The van der Waals surface area contributed by atoms with Crippen LogP contribution in [0.2, 0.25) is 0 Å². The number of benzene rings is 3. The number of aliphatic imine (C=N–C) groups is 1.